The van der Waals surface area contributed by atoms with E-state index < -0.39 is 5.56 Å². The largest absolute Gasteiger partial charge is 0.343 e. The minimum atomic E-state index is -0.415. The fourth-order valence-corrected chi connectivity index (χ4v) is 3.26. The fraction of sp³-hybridized carbons (Fsp3) is 0.167. The molecule has 0 radical (unpaired) electrons. The molecule has 0 bridgehead atoms. The second kappa shape index (κ2) is 6.17. The summed E-state index contributed by atoms with van der Waals surface area (Å²) in [5, 5.41) is 6.07. The van der Waals surface area contributed by atoms with Crippen molar-refractivity contribution in [3.8, 4) is 5.95 Å². The van der Waals surface area contributed by atoms with Crippen molar-refractivity contribution in [2.75, 3.05) is 14.1 Å². The van der Waals surface area contributed by atoms with Crippen LogP contribution < -0.4 is 5.56 Å². The van der Waals surface area contributed by atoms with Gasteiger partial charge in [-0.15, -0.1) is 0 Å². The number of aromatic nitrogens is 5. The van der Waals surface area contributed by atoms with Gasteiger partial charge in [0.15, 0.2) is 5.69 Å². The van der Waals surface area contributed by atoms with Crippen LogP contribution in [-0.4, -0.2) is 49.2 Å². The lowest BCUT2D eigenvalue weighted by atomic mass is 10.1. The molecule has 1 amide bonds. The SMILES string of the molecule is CN(C)C(=O)c1nn(-c2ncccn2)c(=O)c2c1c1ccc(Cl)cc1n2C. The summed E-state index contributed by atoms with van der Waals surface area (Å²) in [6.07, 6.45) is 3.02. The Balaban J connectivity index is 2.23. The van der Waals surface area contributed by atoms with Gasteiger partial charge < -0.3 is 9.47 Å². The number of halogens is 1. The van der Waals surface area contributed by atoms with E-state index in [1.165, 1.54) is 17.3 Å². The Kier molecular flexibility index (Phi) is 3.92. The van der Waals surface area contributed by atoms with Crippen LogP contribution >= 0.6 is 11.6 Å². The molecule has 0 aliphatic carbocycles. The smallest absolute Gasteiger partial charge is 0.298 e. The predicted octanol–water partition coefficient (Wildman–Crippen LogP) is 2.02. The van der Waals surface area contributed by atoms with Crippen LogP contribution in [0.4, 0.5) is 0 Å². The molecule has 1 aromatic carbocycles. The van der Waals surface area contributed by atoms with E-state index >= 15 is 0 Å². The lowest BCUT2D eigenvalue weighted by Gasteiger charge is -2.12. The molecule has 8 nitrogen and oxygen atoms in total. The van der Waals surface area contributed by atoms with Crippen molar-refractivity contribution in [1.29, 1.82) is 0 Å². The van der Waals surface area contributed by atoms with E-state index in [2.05, 4.69) is 15.1 Å². The van der Waals surface area contributed by atoms with E-state index in [1.807, 2.05) is 0 Å². The number of nitrogens with zero attached hydrogens (tertiary/aromatic N) is 6. The number of carbonyl (C=O) groups excluding carboxylic acids is 1. The minimum absolute atomic E-state index is 0.0977. The van der Waals surface area contributed by atoms with Crippen LogP contribution in [0, 0.1) is 0 Å². The summed E-state index contributed by atoms with van der Waals surface area (Å²) in [5.41, 5.74) is 0.798. The van der Waals surface area contributed by atoms with Crippen molar-refractivity contribution >= 4 is 39.3 Å². The molecule has 0 aliphatic rings. The zero-order valence-electron chi connectivity index (χ0n) is 14.8. The van der Waals surface area contributed by atoms with Crippen LogP contribution in [-0.2, 0) is 7.05 Å². The summed E-state index contributed by atoms with van der Waals surface area (Å²) in [7, 11) is 5.02. The normalized spacial score (nSPS) is 11.3. The van der Waals surface area contributed by atoms with E-state index in [4.69, 9.17) is 11.6 Å². The number of amides is 1. The van der Waals surface area contributed by atoms with Gasteiger partial charge in [-0.25, -0.2) is 9.97 Å². The van der Waals surface area contributed by atoms with Crippen LogP contribution in [0.1, 0.15) is 10.5 Å². The molecule has 0 saturated carbocycles. The predicted molar refractivity (Wildman–Crippen MR) is 102 cm³/mol. The molecule has 27 heavy (non-hydrogen) atoms. The van der Waals surface area contributed by atoms with E-state index in [-0.39, 0.29) is 17.5 Å². The molecule has 9 heteroatoms. The molecule has 136 valence electrons. The molecule has 0 N–H and O–H groups in total. The Morgan fingerprint density at radius 3 is 2.56 bits per heavy atom. The van der Waals surface area contributed by atoms with Gasteiger partial charge in [0.25, 0.3) is 17.4 Å². The first kappa shape index (κ1) is 17.2. The summed E-state index contributed by atoms with van der Waals surface area (Å²) in [4.78, 5) is 35.6. The summed E-state index contributed by atoms with van der Waals surface area (Å²) in [6.45, 7) is 0. The van der Waals surface area contributed by atoms with Gasteiger partial charge in [0.2, 0.25) is 0 Å². The van der Waals surface area contributed by atoms with Gasteiger partial charge in [0.05, 0.1) is 5.52 Å². The van der Waals surface area contributed by atoms with Crippen molar-refractivity contribution in [2.24, 2.45) is 7.05 Å². The number of benzene rings is 1. The maximum Gasteiger partial charge on any atom is 0.298 e. The number of hydrogen-bond donors (Lipinski definition) is 0. The van der Waals surface area contributed by atoms with Crippen LogP contribution in [0.25, 0.3) is 27.8 Å². The van der Waals surface area contributed by atoms with E-state index in [1.54, 1.807) is 50.0 Å². The highest BCUT2D eigenvalue weighted by Gasteiger charge is 2.25. The molecule has 0 fully saturated rings. The van der Waals surface area contributed by atoms with Gasteiger partial charge in [-0.1, -0.05) is 17.7 Å². The van der Waals surface area contributed by atoms with Crippen LogP contribution in [0.5, 0.6) is 0 Å². The van der Waals surface area contributed by atoms with Crippen molar-refractivity contribution in [1.82, 2.24) is 29.2 Å². The van der Waals surface area contributed by atoms with Crippen molar-refractivity contribution in [3.05, 3.63) is 57.7 Å². The number of rotatable bonds is 2. The zero-order chi connectivity index (χ0) is 19.3. The lowest BCUT2D eigenvalue weighted by Crippen LogP contribution is -2.30. The number of aryl methyl sites for hydroxylation is 1. The molecule has 0 saturated heterocycles. The molecular weight excluding hydrogens is 368 g/mol. The molecule has 0 spiro atoms. The summed E-state index contributed by atoms with van der Waals surface area (Å²) < 4.78 is 2.77. The molecule has 0 aliphatic heterocycles. The van der Waals surface area contributed by atoms with E-state index in [0.29, 0.717) is 15.9 Å². The standard InChI is InChI=1S/C18H15ClN6O2/c1-23(2)16(26)14-13-11-6-5-10(19)9-12(11)24(3)15(13)17(27)25(22-14)18-20-7-4-8-21-18/h4-9H,1-3H3. The van der Waals surface area contributed by atoms with Crippen LogP contribution in [0.3, 0.4) is 0 Å². The van der Waals surface area contributed by atoms with E-state index in [0.717, 1.165) is 15.6 Å². The van der Waals surface area contributed by atoms with Crippen molar-refractivity contribution in [2.45, 2.75) is 0 Å². The van der Waals surface area contributed by atoms with Crippen LogP contribution in [0.2, 0.25) is 5.02 Å². The van der Waals surface area contributed by atoms with E-state index in [9.17, 15) is 9.59 Å². The highest BCUT2D eigenvalue weighted by atomic mass is 35.5. The third kappa shape index (κ3) is 2.57. The summed E-state index contributed by atoms with van der Waals surface area (Å²) >= 11 is 6.13. The number of hydrogen-bond acceptors (Lipinski definition) is 5. The first-order valence-corrected chi connectivity index (χ1v) is 8.48. The molecule has 3 heterocycles. The Hall–Kier alpha value is -3.26. The average Bonchev–Trinajstić information content (AvgIpc) is 2.95. The molecule has 4 rings (SSSR count). The quantitative estimate of drug-likeness (QED) is 0.529. The molecule has 3 aromatic heterocycles. The molecular formula is C18H15ClN6O2. The van der Waals surface area contributed by atoms with Gasteiger partial charge in [-0.3, -0.25) is 9.59 Å². The maximum atomic E-state index is 13.2. The Labute approximate surface area is 158 Å². The number of fused-ring (bicyclic) bond motifs is 3. The second-order valence-electron chi connectivity index (χ2n) is 6.26. The topological polar surface area (TPSA) is 85.9 Å². The molecule has 0 unspecified atom stereocenters. The molecule has 4 aromatic rings. The van der Waals surface area contributed by atoms with Crippen molar-refractivity contribution < 1.29 is 4.79 Å². The van der Waals surface area contributed by atoms with Gasteiger partial charge in [0.1, 0.15) is 5.52 Å². The second-order valence-corrected chi connectivity index (χ2v) is 6.69. The van der Waals surface area contributed by atoms with Gasteiger partial charge >= 0.3 is 0 Å². The maximum absolute atomic E-state index is 13.2. The minimum Gasteiger partial charge on any atom is -0.343 e. The first-order chi connectivity index (χ1) is 12.9. The highest BCUT2D eigenvalue weighted by Crippen LogP contribution is 2.30. The highest BCUT2D eigenvalue weighted by molar-refractivity contribution is 6.31. The van der Waals surface area contributed by atoms with Gasteiger partial charge in [0, 0.05) is 49.3 Å². The van der Waals surface area contributed by atoms with Gasteiger partial charge in [-0.2, -0.15) is 9.78 Å². The fourth-order valence-electron chi connectivity index (χ4n) is 3.09. The summed E-state index contributed by atoms with van der Waals surface area (Å²) in [5.74, 6) is -0.229. The Morgan fingerprint density at radius 1 is 1.19 bits per heavy atom. The number of carbonyl (C=O) groups is 1. The third-order valence-electron chi connectivity index (χ3n) is 4.34. The Bertz CT molecular complexity index is 1260. The Morgan fingerprint density at radius 2 is 1.89 bits per heavy atom. The third-order valence-corrected chi connectivity index (χ3v) is 4.58. The van der Waals surface area contributed by atoms with Gasteiger partial charge in [-0.05, 0) is 18.2 Å². The first-order valence-electron chi connectivity index (χ1n) is 8.10. The monoisotopic (exact) mass is 382 g/mol. The average molecular weight is 383 g/mol. The van der Waals surface area contributed by atoms with Crippen LogP contribution in [0.15, 0.2) is 41.5 Å². The summed E-state index contributed by atoms with van der Waals surface area (Å²) in [6, 6.07) is 6.90. The van der Waals surface area contributed by atoms with Crippen molar-refractivity contribution in [3.63, 3.8) is 0 Å². The zero-order valence-corrected chi connectivity index (χ0v) is 15.6. The lowest BCUT2D eigenvalue weighted by molar-refractivity contribution is 0.0822. The molecule has 0 atom stereocenters.